The van der Waals surface area contributed by atoms with Gasteiger partial charge < -0.3 is 4.57 Å². The van der Waals surface area contributed by atoms with Crippen molar-refractivity contribution in [3.05, 3.63) is 42.0 Å². The molecule has 0 radical (unpaired) electrons. The monoisotopic (exact) mass is 298 g/mol. The molecule has 2 rings (SSSR count). The molecule has 106 valence electrons. The first-order chi connectivity index (χ1) is 10.1. The lowest BCUT2D eigenvalue weighted by atomic mass is 10.1. The van der Waals surface area contributed by atoms with Crippen LogP contribution in [0.15, 0.2) is 46.5 Å². The Balaban J connectivity index is 2.21. The van der Waals surface area contributed by atoms with Gasteiger partial charge in [-0.3, -0.25) is 4.79 Å². The third kappa shape index (κ3) is 3.52. The highest BCUT2D eigenvalue weighted by molar-refractivity contribution is 7.80. The van der Waals surface area contributed by atoms with E-state index in [1.807, 2.05) is 48.0 Å². The molecule has 1 aromatic carbocycles. The molecule has 0 saturated carbocycles. The lowest BCUT2D eigenvalue weighted by Gasteiger charge is -2.03. The van der Waals surface area contributed by atoms with Crippen molar-refractivity contribution in [2.75, 3.05) is 0 Å². The quantitative estimate of drug-likeness (QED) is 0.517. The number of aromatic nitrogens is 1. The summed E-state index contributed by atoms with van der Waals surface area (Å²) in [5.41, 5.74) is 5.16. The van der Waals surface area contributed by atoms with Gasteiger partial charge in [0.25, 0.3) is 5.91 Å². The molecule has 2 aromatic rings. The number of nitriles is 1. The fourth-order valence-corrected chi connectivity index (χ4v) is 2.11. The van der Waals surface area contributed by atoms with E-state index in [1.165, 1.54) is 6.21 Å². The number of thiol groups is 1. The molecule has 1 aromatic heterocycles. The van der Waals surface area contributed by atoms with E-state index < -0.39 is 5.91 Å². The minimum atomic E-state index is -0.436. The third-order valence-corrected chi connectivity index (χ3v) is 3.49. The van der Waals surface area contributed by atoms with Crippen molar-refractivity contribution in [1.29, 1.82) is 5.26 Å². The Morgan fingerprint density at radius 2 is 2.19 bits per heavy atom. The summed E-state index contributed by atoms with van der Waals surface area (Å²) in [4.78, 5) is 11.1. The average molecular weight is 298 g/mol. The average Bonchev–Trinajstić information content (AvgIpc) is 2.77. The second-order valence-electron chi connectivity index (χ2n) is 4.36. The van der Waals surface area contributed by atoms with Crippen LogP contribution in [-0.4, -0.2) is 16.7 Å². The zero-order valence-corrected chi connectivity index (χ0v) is 12.3. The zero-order valence-electron chi connectivity index (χ0n) is 11.4. The number of hydrazone groups is 1. The Bertz CT molecular complexity index is 713. The molecular formula is C15H14N4OS. The Kier molecular flexibility index (Phi) is 4.80. The highest BCUT2D eigenvalue weighted by Crippen LogP contribution is 2.26. The van der Waals surface area contributed by atoms with Gasteiger partial charge in [0.15, 0.2) is 0 Å². The van der Waals surface area contributed by atoms with Crippen LogP contribution < -0.4 is 5.43 Å². The maximum absolute atomic E-state index is 11.1. The molecule has 0 saturated heterocycles. The molecule has 0 aliphatic heterocycles. The molecule has 0 spiro atoms. The predicted octanol–water partition coefficient (Wildman–Crippen LogP) is 2.34. The molecular weight excluding hydrogens is 284 g/mol. The van der Waals surface area contributed by atoms with Crippen LogP contribution in [0.1, 0.15) is 12.0 Å². The summed E-state index contributed by atoms with van der Waals surface area (Å²) >= 11 is 4.45. The van der Waals surface area contributed by atoms with Gasteiger partial charge in [0.1, 0.15) is 6.42 Å². The number of hydrogen-bond acceptors (Lipinski definition) is 4. The first-order valence-electron chi connectivity index (χ1n) is 6.26. The number of hydrogen-bond donors (Lipinski definition) is 2. The maximum Gasteiger partial charge on any atom is 0.254 e. The smallest absolute Gasteiger partial charge is 0.254 e. The molecule has 6 heteroatoms. The number of rotatable bonds is 4. The van der Waals surface area contributed by atoms with Crippen molar-refractivity contribution in [2.45, 2.75) is 11.4 Å². The minimum Gasteiger partial charge on any atom is -0.339 e. The fourth-order valence-electron chi connectivity index (χ4n) is 1.88. The van der Waals surface area contributed by atoms with E-state index in [0.29, 0.717) is 0 Å². The molecule has 0 unspecified atom stereocenters. The summed E-state index contributed by atoms with van der Waals surface area (Å²) in [6.07, 6.45) is 1.30. The second kappa shape index (κ2) is 6.77. The summed E-state index contributed by atoms with van der Waals surface area (Å²) in [5.74, 6) is -0.436. The predicted molar refractivity (Wildman–Crippen MR) is 84.1 cm³/mol. The van der Waals surface area contributed by atoms with Crippen molar-refractivity contribution in [3.8, 4) is 17.3 Å². The van der Waals surface area contributed by atoms with Gasteiger partial charge in [0.2, 0.25) is 0 Å². The van der Waals surface area contributed by atoms with E-state index in [4.69, 9.17) is 5.26 Å². The number of carbonyl (C=O) groups excluding carboxylic acids is 1. The van der Waals surface area contributed by atoms with E-state index in [9.17, 15) is 4.79 Å². The first kappa shape index (κ1) is 14.9. The van der Waals surface area contributed by atoms with E-state index in [1.54, 1.807) is 6.07 Å². The van der Waals surface area contributed by atoms with Gasteiger partial charge in [-0.25, -0.2) is 5.43 Å². The molecule has 0 aliphatic carbocycles. The van der Waals surface area contributed by atoms with Crippen LogP contribution in [0, 0.1) is 11.3 Å². The summed E-state index contributed by atoms with van der Waals surface area (Å²) in [6.45, 7) is 0. The normalized spacial score (nSPS) is 10.5. The molecule has 0 aliphatic rings. The van der Waals surface area contributed by atoms with Gasteiger partial charge >= 0.3 is 0 Å². The number of nitrogens with zero attached hydrogens (tertiary/aromatic N) is 3. The maximum atomic E-state index is 11.1. The SMILES string of the molecule is Cn1c(-c2ccccc2)cc(C=NNC(=O)CC#N)c1S. The van der Waals surface area contributed by atoms with E-state index in [2.05, 4.69) is 23.2 Å². The van der Waals surface area contributed by atoms with Crippen molar-refractivity contribution < 1.29 is 4.79 Å². The van der Waals surface area contributed by atoms with Crippen LogP contribution in [0.3, 0.4) is 0 Å². The summed E-state index contributed by atoms with van der Waals surface area (Å²) < 4.78 is 1.94. The van der Waals surface area contributed by atoms with Gasteiger partial charge in [-0.15, -0.1) is 12.6 Å². The highest BCUT2D eigenvalue weighted by atomic mass is 32.1. The number of amides is 1. The van der Waals surface area contributed by atoms with E-state index >= 15 is 0 Å². The molecule has 5 nitrogen and oxygen atoms in total. The molecule has 1 heterocycles. The Morgan fingerprint density at radius 3 is 2.86 bits per heavy atom. The van der Waals surface area contributed by atoms with Crippen LogP contribution in [0.25, 0.3) is 11.3 Å². The molecule has 0 atom stereocenters. The van der Waals surface area contributed by atoms with Crippen LogP contribution in [-0.2, 0) is 11.8 Å². The Hall–Kier alpha value is -2.52. The van der Waals surface area contributed by atoms with E-state index in [0.717, 1.165) is 21.8 Å². The third-order valence-electron chi connectivity index (χ3n) is 2.93. The van der Waals surface area contributed by atoms with Crippen LogP contribution in [0.2, 0.25) is 0 Å². The summed E-state index contributed by atoms with van der Waals surface area (Å²) in [5, 5.41) is 13.0. The van der Waals surface area contributed by atoms with Gasteiger partial charge in [0, 0.05) is 18.3 Å². The molecule has 0 bridgehead atoms. The summed E-state index contributed by atoms with van der Waals surface area (Å²) in [6, 6.07) is 13.6. The summed E-state index contributed by atoms with van der Waals surface area (Å²) in [7, 11) is 1.91. The minimum absolute atomic E-state index is 0.213. The standard InChI is InChI=1S/C15H14N4OS/c1-19-13(11-5-3-2-4-6-11)9-12(15(19)21)10-17-18-14(20)7-8-16/h2-6,9-10,21H,7H2,1H3,(H,18,20). The molecule has 1 N–H and O–H groups in total. The van der Waals surface area contributed by atoms with Crippen molar-refractivity contribution in [3.63, 3.8) is 0 Å². The van der Waals surface area contributed by atoms with Gasteiger partial charge in [0.05, 0.1) is 17.3 Å². The second-order valence-corrected chi connectivity index (χ2v) is 4.79. The molecule has 0 fully saturated rings. The lowest BCUT2D eigenvalue weighted by Crippen LogP contribution is -2.16. The zero-order chi connectivity index (χ0) is 15.2. The number of carbonyl (C=O) groups is 1. The van der Waals surface area contributed by atoms with E-state index in [-0.39, 0.29) is 6.42 Å². The Labute approximate surface area is 128 Å². The molecule has 1 amide bonds. The lowest BCUT2D eigenvalue weighted by molar-refractivity contribution is -0.120. The van der Waals surface area contributed by atoms with Crippen molar-refractivity contribution >= 4 is 24.8 Å². The van der Waals surface area contributed by atoms with Crippen LogP contribution in [0.5, 0.6) is 0 Å². The first-order valence-corrected chi connectivity index (χ1v) is 6.71. The number of nitrogens with one attached hydrogen (secondary N) is 1. The van der Waals surface area contributed by atoms with Crippen LogP contribution in [0.4, 0.5) is 0 Å². The van der Waals surface area contributed by atoms with Gasteiger partial charge in [-0.2, -0.15) is 10.4 Å². The van der Waals surface area contributed by atoms with Crippen molar-refractivity contribution in [2.24, 2.45) is 12.1 Å². The topological polar surface area (TPSA) is 70.2 Å². The molecule has 21 heavy (non-hydrogen) atoms. The Morgan fingerprint density at radius 1 is 1.48 bits per heavy atom. The van der Waals surface area contributed by atoms with Crippen LogP contribution >= 0.6 is 12.6 Å². The van der Waals surface area contributed by atoms with Crippen molar-refractivity contribution in [1.82, 2.24) is 9.99 Å². The fraction of sp³-hybridized carbons (Fsp3) is 0.133. The largest absolute Gasteiger partial charge is 0.339 e. The highest BCUT2D eigenvalue weighted by Gasteiger charge is 2.09. The van der Waals surface area contributed by atoms with Gasteiger partial charge in [-0.1, -0.05) is 30.3 Å². The number of benzene rings is 1. The van der Waals surface area contributed by atoms with Gasteiger partial charge in [-0.05, 0) is 11.6 Å².